The van der Waals surface area contributed by atoms with E-state index in [0.717, 1.165) is 6.42 Å². The summed E-state index contributed by atoms with van der Waals surface area (Å²) < 4.78 is 12.2. The van der Waals surface area contributed by atoms with Gasteiger partial charge in [-0.3, -0.25) is 19.4 Å². The number of amides is 2. The van der Waals surface area contributed by atoms with E-state index in [2.05, 4.69) is 4.94 Å². The molecule has 1 aliphatic heterocycles. The van der Waals surface area contributed by atoms with Crippen LogP contribution in [0.2, 0.25) is 0 Å². The first-order valence-corrected chi connectivity index (χ1v) is 7.58. The third-order valence-corrected chi connectivity index (χ3v) is 5.08. The highest BCUT2D eigenvalue weighted by Gasteiger charge is 2.46. The molecule has 0 atom stereocenters. The van der Waals surface area contributed by atoms with Gasteiger partial charge in [-0.15, -0.1) is 0 Å². The first-order chi connectivity index (χ1) is 10.5. The molecule has 0 aromatic heterocycles. The Morgan fingerprint density at radius 1 is 1.32 bits per heavy atom. The van der Waals surface area contributed by atoms with Gasteiger partial charge in [-0.05, 0) is 45.4 Å². The molecule has 1 saturated carbocycles. The fourth-order valence-corrected chi connectivity index (χ4v) is 3.58. The van der Waals surface area contributed by atoms with E-state index in [1.807, 2.05) is 6.08 Å². The van der Waals surface area contributed by atoms with Crippen molar-refractivity contribution in [2.75, 3.05) is 0 Å². The quantitative estimate of drug-likeness (QED) is 0.735. The van der Waals surface area contributed by atoms with Crippen LogP contribution >= 0.6 is 0 Å². The molecule has 3 rings (SSSR count). The molecule has 0 unspecified atom stereocenters. The zero-order valence-electron chi connectivity index (χ0n) is 12.4. The summed E-state index contributed by atoms with van der Waals surface area (Å²) in [6.07, 6.45) is 6.80. The van der Waals surface area contributed by atoms with Crippen molar-refractivity contribution < 1.29 is 23.9 Å². The number of hydrogen-bond donors (Lipinski definition) is 0. The van der Waals surface area contributed by atoms with Crippen LogP contribution in [0.3, 0.4) is 0 Å². The van der Waals surface area contributed by atoms with Crippen LogP contribution in [-0.4, -0.2) is 28.7 Å². The SMILES string of the molecule is CC1(C(=O)OF)CCC(N2C(=O)C3=C(CCC=C3)C2=O)CC1. The van der Waals surface area contributed by atoms with E-state index in [0.29, 0.717) is 43.3 Å². The fraction of sp³-hybridized carbons (Fsp3) is 0.562. The van der Waals surface area contributed by atoms with Crippen LogP contribution in [0.1, 0.15) is 45.4 Å². The highest BCUT2D eigenvalue weighted by molar-refractivity contribution is 6.21. The molecule has 0 spiro atoms. The van der Waals surface area contributed by atoms with Crippen molar-refractivity contribution in [3.63, 3.8) is 0 Å². The Balaban J connectivity index is 1.73. The number of rotatable bonds is 2. The van der Waals surface area contributed by atoms with Gasteiger partial charge in [-0.1, -0.05) is 12.2 Å². The standard InChI is InChI=1S/C16H18FNO4/c1-16(15(21)22-17)8-6-10(7-9-16)18-13(19)11-4-2-3-5-12(11)14(18)20/h2,4,10H,3,5-9H2,1H3. The van der Waals surface area contributed by atoms with E-state index >= 15 is 0 Å². The van der Waals surface area contributed by atoms with Crippen molar-refractivity contribution in [2.24, 2.45) is 5.41 Å². The Labute approximate surface area is 127 Å². The maximum absolute atomic E-state index is 12.5. The maximum atomic E-state index is 12.5. The second kappa shape index (κ2) is 5.34. The normalized spacial score (nSPS) is 31.5. The summed E-state index contributed by atoms with van der Waals surface area (Å²) in [7, 11) is 0. The number of hydrogen-bond acceptors (Lipinski definition) is 4. The summed E-state index contributed by atoms with van der Waals surface area (Å²) in [5.41, 5.74) is 0.237. The van der Waals surface area contributed by atoms with Gasteiger partial charge in [0, 0.05) is 21.7 Å². The van der Waals surface area contributed by atoms with Crippen molar-refractivity contribution in [3.8, 4) is 0 Å². The van der Waals surface area contributed by atoms with Crippen LogP contribution in [0.5, 0.6) is 0 Å². The molecule has 118 valence electrons. The summed E-state index contributed by atoms with van der Waals surface area (Å²) >= 11 is 0. The van der Waals surface area contributed by atoms with E-state index in [9.17, 15) is 18.9 Å². The molecule has 2 aliphatic carbocycles. The monoisotopic (exact) mass is 307 g/mol. The molecule has 0 saturated heterocycles. The molecule has 5 nitrogen and oxygen atoms in total. The maximum Gasteiger partial charge on any atom is 0.354 e. The summed E-state index contributed by atoms with van der Waals surface area (Å²) in [6.45, 7) is 1.66. The molecule has 22 heavy (non-hydrogen) atoms. The van der Waals surface area contributed by atoms with Crippen molar-refractivity contribution in [1.29, 1.82) is 0 Å². The lowest BCUT2D eigenvalue weighted by Crippen LogP contribution is -2.46. The highest BCUT2D eigenvalue weighted by Crippen LogP contribution is 2.41. The predicted octanol–water partition coefficient (Wildman–Crippen LogP) is 2.38. The zero-order chi connectivity index (χ0) is 15.9. The van der Waals surface area contributed by atoms with E-state index in [1.54, 1.807) is 13.0 Å². The summed E-state index contributed by atoms with van der Waals surface area (Å²) in [5.74, 6) is -1.31. The smallest absolute Gasteiger partial charge is 0.272 e. The topological polar surface area (TPSA) is 63.7 Å². The van der Waals surface area contributed by atoms with Crippen LogP contribution in [0, 0.1) is 5.41 Å². The summed E-state index contributed by atoms with van der Waals surface area (Å²) in [4.78, 5) is 41.1. The molecule has 2 amide bonds. The largest absolute Gasteiger partial charge is 0.354 e. The summed E-state index contributed by atoms with van der Waals surface area (Å²) in [5, 5.41) is 0. The number of imide groups is 1. The molecular weight excluding hydrogens is 289 g/mol. The zero-order valence-corrected chi connectivity index (χ0v) is 12.4. The Morgan fingerprint density at radius 3 is 2.59 bits per heavy atom. The van der Waals surface area contributed by atoms with Gasteiger partial charge in [0.25, 0.3) is 11.8 Å². The lowest BCUT2D eigenvalue weighted by molar-refractivity contribution is -0.198. The minimum absolute atomic E-state index is 0.203. The predicted molar refractivity (Wildman–Crippen MR) is 74.8 cm³/mol. The van der Waals surface area contributed by atoms with Crippen molar-refractivity contribution >= 4 is 17.8 Å². The van der Waals surface area contributed by atoms with Gasteiger partial charge in [-0.25, -0.2) is 4.79 Å². The number of carbonyl (C=O) groups excluding carboxylic acids is 3. The molecule has 0 aromatic rings. The average molecular weight is 307 g/mol. The lowest BCUT2D eigenvalue weighted by atomic mass is 9.73. The van der Waals surface area contributed by atoms with Gasteiger partial charge in [-0.2, -0.15) is 0 Å². The third kappa shape index (κ3) is 2.17. The van der Waals surface area contributed by atoms with Gasteiger partial charge >= 0.3 is 5.97 Å². The molecule has 3 aliphatic rings. The van der Waals surface area contributed by atoms with Gasteiger partial charge < -0.3 is 0 Å². The Bertz CT molecular complexity index is 599. The van der Waals surface area contributed by atoms with Gasteiger partial charge in [0.15, 0.2) is 0 Å². The molecule has 0 aromatic carbocycles. The number of nitrogens with zero attached hydrogens (tertiary/aromatic N) is 1. The number of carbonyl (C=O) groups is 3. The van der Waals surface area contributed by atoms with Crippen molar-refractivity contribution in [2.45, 2.75) is 51.5 Å². The number of allylic oxidation sites excluding steroid dienone is 1. The van der Waals surface area contributed by atoms with E-state index in [-0.39, 0.29) is 17.9 Å². The summed E-state index contributed by atoms with van der Waals surface area (Å²) in [6, 6.07) is -0.223. The third-order valence-electron chi connectivity index (χ3n) is 5.08. The molecule has 1 heterocycles. The Morgan fingerprint density at radius 2 is 2.00 bits per heavy atom. The molecule has 0 bridgehead atoms. The van der Waals surface area contributed by atoms with E-state index in [1.165, 1.54) is 4.90 Å². The van der Waals surface area contributed by atoms with Crippen LogP contribution in [0.15, 0.2) is 23.3 Å². The average Bonchev–Trinajstić information content (AvgIpc) is 2.80. The Kier molecular flexibility index (Phi) is 3.62. The molecule has 0 N–H and O–H groups in total. The number of halogens is 1. The molecule has 0 radical (unpaired) electrons. The van der Waals surface area contributed by atoms with Crippen LogP contribution < -0.4 is 0 Å². The van der Waals surface area contributed by atoms with Gasteiger partial charge in [0.05, 0.1) is 5.41 Å². The second-order valence-corrected chi connectivity index (χ2v) is 6.47. The van der Waals surface area contributed by atoms with E-state index in [4.69, 9.17) is 0 Å². The van der Waals surface area contributed by atoms with E-state index < -0.39 is 11.4 Å². The second-order valence-electron chi connectivity index (χ2n) is 6.47. The Hall–Kier alpha value is -1.98. The molecule has 1 fully saturated rings. The van der Waals surface area contributed by atoms with Crippen LogP contribution in [0.25, 0.3) is 0 Å². The molecular formula is C16H18FNO4. The van der Waals surface area contributed by atoms with Gasteiger partial charge in [0.2, 0.25) is 0 Å². The van der Waals surface area contributed by atoms with Crippen molar-refractivity contribution in [1.82, 2.24) is 4.90 Å². The lowest BCUT2D eigenvalue weighted by Gasteiger charge is -2.37. The fourth-order valence-electron chi connectivity index (χ4n) is 3.58. The van der Waals surface area contributed by atoms with Crippen LogP contribution in [0.4, 0.5) is 4.53 Å². The first-order valence-electron chi connectivity index (χ1n) is 7.58. The molecule has 6 heteroatoms. The minimum Gasteiger partial charge on any atom is -0.272 e. The first kappa shape index (κ1) is 14.9. The van der Waals surface area contributed by atoms with Crippen LogP contribution in [-0.2, 0) is 19.3 Å². The van der Waals surface area contributed by atoms with Crippen molar-refractivity contribution in [3.05, 3.63) is 23.3 Å². The van der Waals surface area contributed by atoms with Gasteiger partial charge in [0.1, 0.15) is 0 Å². The minimum atomic E-state index is -0.871. The highest BCUT2D eigenvalue weighted by atomic mass is 19.3.